The Hall–Kier alpha value is -1.60. The molecule has 1 fully saturated rings. The van der Waals surface area contributed by atoms with Crippen LogP contribution in [0.15, 0.2) is 22.5 Å². The van der Waals surface area contributed by atoms with Crippen LogP contribution in [0.1, 0.15) is 43.5 Å². The Morgan fingerprint density at radius 2 is 2.19 bits per heavy atom. The van der Waals surface area contributed by atoms with Gasteiger partial charge in [0.25, 0.3) is 0 Å². The Bertz CT molecular complexity index is 560. The summed E-state index contributed by atoms with van der Waals surface area (Å²) in [7, 11) is 3.99. The van der Waals surface area contributed by atoms with Gasteiger partial charge in [0.1, 0.15) is 0 Å². The smallest absolute Gasteiger partial charge is 0.221 e. The molecule has 2 unspecified atom stereocenters. The molecule has 2 atom stereocenters. The second-order valence-corrected chi connectivity index (χ2v) is 7.80. The highest BCUT2D eigenvalue weighted by Gasteiger charge is 2.31. The third-order valence-corrected chi connectivity index (χ3v) is 5.76. The number of piperidine rings is 1. The molecule has 1 amide bonds. The van der Waals surface area contributed by atoms with Crippen molar-refractivity contribution in [3.8, 4) is 0 Å². The molecule has 0 saturated carbocycles. The van der Waals surface area contributed by atoms with Crippen LogP contribution >= 0.6 is 11.3 Å². The third kappa shape index (κ3) is 6.29. The van der Waals surface area contributed by atoms with Gasteiger partial charge in [0.15, 0.2) is 5.96 Å². The van der Waals surface area contributed by atoms with Gasteiger partial charge in [0.2, 0.25) is 5.91 Å². The first-order valence-electron chi connectivity index (χ1n) is 9.60. The molecule has 3 N–H and O–H groups in total. The first-order valence-corrected chi connectivity index (χ1v) is 10.5. The van der Waals surface area contributed by atoms with Crippen LogP contribution in [0.5, 0.6) is 0 Å². The topological polar surface area (TPSA) is 68.8 Å². The minimum absolute atomic E-state index is 0.0847. The molecule has 1 aromatic heterocycles. The van der Waals surface area contributed by atoms with Gasteiger partial charge in [0, 0.05) is 44.0 Å². The molecule has 146 valence electrons. The number of likely N-dealkylation sites (tertiary alicyclic amines) is 1. The number of amides is 1. The maximum Gasteiger partial charge on any atom is 0.221 e. The highest BCUT2D eigenvalue weighted by Crippen LogP contribution is 2.36. The number of guanidine groups is 1. The molecule has 7 heteroatoms. The van der Waals surface area contributed by atoms with Crippen molar-refractivity contribution in [3.05, 3.63) is 22.4 Å². The quantitative estimate of drug-likeness (QED) is 0.478. The molecule has 1 saturated heterocycles. The normalized spacial score (nSPS) is 21.4. The summed E-state index contributed by atoms with van der Waals surface area (Å²) in [4.78, 5) is 19.9. The fourth-order valence-corrected chi connectivity index (χ4v) is 4.46. The summed E-state index contributed by atoms with van der Waals surface area (Å²) in [6.45, 7) is 5.42. The monoisotopic (exact) mass is 379 g/mol. The number of nitrogens with zero attached hydrogens (tertiary/aromatic N) is 2. The SMILES string of the molecule is CCCNC(=O)CCNC(=NC)NCC1CCCN(C)C1c1cccs1. The Kier molecular flexibility index (Phi) is 8.91. The second kappa shape index (κ2) is 11.2. The van der Waals surface area contributed by atoms with Crippen molar-refractivity contribution in [1.82, 2.24) is 20.9 Å². The van der Waals surface area contributed by atoms with Crippen LogP contribution in [0, 0.1) is 5.92 Å². The summed E-state index contributed by atoms with van der Waals surface area (Å²) in [5, 5.41) is 11.7. The van der Waals surface area contributed by atoms with E-state index in [4.69, 9.17) is 0 Å². The zero-order chi connectivity index (χ0) is 18.8. The largest absolute Gasteiger partial charge is 0.356 e. The lowest BCUT2D eigenvalue weighted by Gasteiger charge is -2.39. The molecule has 0 aromatic carbocycles. The van der Waals surface area contributed by atoms with Gasteiger partial charge in [-0.25, -0.2) is 0 Å². The molecule has 1 aliphatic heterocycles. The molecule has 1 aromatic rings. The fourth-order valence-electron chi connectivity index (χ4n) is 3.48. The Balaban J connectivity index is 1.80. The van der Waals surface area contributed by atoms with Gasteiger partial charge < -0.3 is 16.0 Å². The molecule has 1 aliphatic rings. The van der Waals surface area contributed by atoms with Crippen molar-refractivity contribution in [3.63, 3.8) is 0 Å². The maximum absolute atomic E-state index is 11.7. The van der Waals surface area contributed by atoms with Gasteiger partial charge in [0.05, 0.1) is 0 Å². The van der Waals surface area contributed by atoms with Gasteiger partial charge in [-0.05, 0) is 50.2 Å². The van der Waals surface area contributed by atoms with E-state index in [1.807, 2.05) is 11.3 Å². The molecule has 0 spiro atoms. The molecule has 6 nitrogen and oxygen atoms in total. The van der Waals surface area contributed by atoms with Gasteiger partial charge in [-0.15, -0.1) is 11.3 Å². The van der Waals surface area contributed by atoms with Crippen molar-refractivity contribution in [2.75, 3.05) is 40.3 Å². The van der Waals surface area contributed by atoms with E-state index in [2.05, 4.69) is 57.3 Å². The summed E-state index contributed by atoms with van der Waals surface area (Å²) in [5.74, 6) is 1.41. The van der Waals surface area contributed by atoms with Gasteiger partial charge in [-0.3, -0.25) is 14.7 Å². The Morgan fingerprint density at radius 1 is 1.35 bits per heavy atom. The summed E-state index contributed by atoms with van der Waals surface area (Å²) < 4.78 is 0. The number of nitrogens with one attached hydrogen (secondary N) is 3. The van der Waals surface area contributed by atoms with Crippen molar-refractivity contribution >= 4 is 23.2 Å². The number of carbonyl (C=O) groups excluding carboxylic acids is 1. The van der Waals surface area contributed by atoms with Crippen LogP contribution in [0.2, 0.25) is 0 Å². The minimum Gasteiger partial charge on any atom is -0.356 e. The molecular formula is C19H33N5OS. The second-order valence-electron chi connectivity index (χ2n) is 6.82. The van der Waals surface area contributed by atoms with Gasteiger partial charge >= 0.3 is 0 Å². The van der Waals surface area contributed by atoms with E-state index in [0.717, 1.165) is 32.0 Å². The van der Waals surface area contributed by atoms with Crippen LogP contribution in [-0.2, 0) is 4.79 Å². The molecule has 0 radical (unpaired) electrons. The predicted octanol–water partition coefficient (Wildman–Crippen LogP) is 2.21. The highest BCUT2D eigenvalue weighted by atomic mass is 32.1. The predicted molar refractivity (Wildman–Crippen MR) is 110 cm³/mol. The Labute approximate surface area is 161 Å². The number of hydrogen-bond donors (Lipinski definition) is 3. The van der Waals surface area contributed by atoms with E-state index in [1.54, 1.807) is 7.05 Å². The molecule has 2 rings (SSSR count). The lowest BCUT2D eigenvalue weighted by molar-refractivity contribution is -0.120. The van der Waals surface area contributed by atoms with Gasteiger partial charge in [-0.2, -0.15) is 0 Å². The number of carbonyl (C=O) groups is 1. The van der Waals surface area contributed by atoms with Crippen molar-refractivity contribution < 1.29 is 4.79 Å². The zero-order valence-electron chi connectivity index (χ0n) is 16.3. The van der Waals surface area contributed by atoms with Crippen molar-refractivity contribution in [2.45, 2.75) is 38.6 Å². The molecule has 0 bridgehead atoms. The van der Waals surface area contributed by atoms with Crippen molar-refractivity contribution in [2.24, 2.45) is 10.9 Å². The lowest BCUT2D eigenvalue weighted by atomic mass is 9.88. The maximum atomic E-state index is 11.7. The average Bonchev–Trinajstić information content (AvgIpc) is 3.17. The third-order valence-electron chi connectivity index (χ3n) is 4.81. The first-order chi connectivity index (χ1) is 12.7. The van der Waals surface area contributed by atoms with Crippen LogP contribution < -0.4 is 16.0 Å². The fraction of sp³-hybridized carbons (Fsp3) is 0.684. The molecular weight excluding hydrogens is 346 g/mol. The molecule has 26 heavy (non-hydrogen) atoms. The van der Waals surface area contributed by atoms with E-state index >= 15 is 0 Å². The van der Waals surface area contributed by atoms with Crippen molar-refractivity contribution in [1.29, 1.82) is 0 Å². The number of hydrogen-bond acceptors (Lipinski definition) is 4. The summed E-state index contributed by atoms with van der Waals surface area (Å²) in [6.07, 6.45) is 3.87. The standard InChI is InChI=1S/C19H33N5OS/c1-4-10-21-17(25)9-11-22-19(20-2)23-14-15-7-5-12-24(3)18(15)16-8-6-13-26-16/h6,8,13,15,18H,4-5,7,9-12,14H2,1-3H3,(H,21,25)(H2,20,22,23). The van der Waals surface area contributed by atoms with Crippen LogP contribution in [0.3, 0.4) is 0 Å². The van der Waals surface area contributed by atoms with E-state index < -0.39 is 0 Å². The van der Waals surface area contributed by atoms with Crippen LogP contribution in [-0.4, -0.2) is 57.0 Å². The number of aliphatic imine (C=N–C) groups is 1. The highest BCUT2D eigenvalue weighted by molar-refractivity contribution is 7.10. The minimum atomic E-state index is 0.0847. The molecule has 2 heterocycles. The van der Waals surface area contributed by atoms with E-state index in [-0.39, 0.29) is 5.91 Å². The van der Waals surface area contributed by atoms with E-state index in [9.17, 15) is 4.79 Å². The Morgan fingerprint density at radius 3 is 2.88 bits per heavy atom. The van der Waals surface area contributed by atoms with Crippen LogP contribution in [0.4, 0.5) is 0 Å². The number of rotatable bonds is 8. The summed E-state index contributed by atoms with van der Waals surface area (Å²) >= 11 is 1.84. The van der Waals surface area contributed by atoms with E-state index in [1.165, 1.54) is 17.7 Å². The summed E-state index contributed by atoms with van der Waals surface area (Å²) in [6, 6.07) is 4.84. The first kappa shape index (κ1) is 20.7. The van der Waals surface area contributed by atoms with Gasteiger partial charge in [-0.1, -0.05) is 13.0 Å². The number of thiophene rings is 1. The zero-order valence-corrected chi connectivity index (χ0v) is 17.1. The lowest BCUT2D eigenvalue weighted by Crippen LogP contribution is -2.45. The van der Waals surface area contributed by atoms with E-state index in [0.29, 0.717) is 24.9 Å². The summed E-state index contributed by atoms with van der Waals surface area (Å²) in [5.41, 5.74) is 0. The molecule has 0 aliphatic carbocycles. The average molecular weight is 380 g/mol. The van der Waals surface area contributed by atoms with Crippen LogP contribution in [0.25, 0.3) is 0 Å².